The molecule has 0 saturated carbocycles. The van der Waals surface area contributed by atoms with Crippen LogP contribution < -0.4 is 10.6 Å². The molecule has 4 rings (SSSR count). The van der Waals surface area contributed by atoms with Crippen molar-refractivity contribution < 1.29 is 27.2 Å². The fourth-order valence-electron chi connectivity index (χ4n) is 3.50. The molecule has 0 saturated heterocycles. The van der Waals surface area contributed by atoms with Crippen molar-refractivity contribution in [3.8, 4) is 11.3 Å². The number of H-pyrrole nitrogens is 1. The Morgan fingerprint density at radius 3 is 2.50 bits per heavy atom. The van der Waals surface area contributed by atoms with E-state index in [1.54, 1.807) is 6.07 Å². The van der Waals surface area contributed by atoms with Crippen LogP contribution in [-0.4, -0.2) is 22.0 Å². The van der Waals surface area contributed by atoms with E-state index in [1.165, 1.54) is 48.8 Å². The fraction of sp³-hybridized carbons (Fsp3) is 0.136. The Labute approximate surface area is 179 Å². The molecule has 3 aromatic rings. The number of halogens is 4. The van der Waals surface area contributed by atoms with Crippen molar-refractivity contribution in [3.63, 3.8) is 0 Å². The summed E-state index contributed by atoms with van der Waals surface area (Å²) in [6.45, 7) is 0. The van der Waals surface area contributed by atoms with Crippen molar-refractivity contribution in [2.24, 2.45) is 0 Å². The van der Waals surface area contributed by atoms with Gasteiger partial charge in [-0.05, 0) is 35.9 Å². The Hall–Kier alpha value is -3.95. The summed E-state index contributed by atoms with van der Waals surface area (Å²) < 4.78 is 54.0. The third-order valence-corrected chi connectivity index (χ3v) is 5.07. The van der Waals surface area contributed by atoms with E-state index in [0.717, 1.165) is 6.07 Å². The monoisotopic (exact) mass is 444 g/mol. The first-order valence-electron chi connectivity index (χ1n) is 9.49. The summed E-state index contributed by atoms with van der Waals surface area (Å²) in [5.74, 6) is -2.41. The van der Waals surface area contributed by atoms with E-state index in [4.69, 9.17) is 0 Å². The molecule has 0 fully saturated rings. The van der Waals surface area contributed by atoms with Crippen LogP contribution in [-0.2, 0) is 15.8 Å². The van der Waals surface area contributed by atoms with E-state index in [-0.39, 0.29) is 17.9 Å². The molecule has 1 atom stereocenters. The number of carbonyl (C=O) groups is 2. The maximum Gasteiger partial charge on any atom is 0.418 e. The average Bonchev–Trinajstić information content (AvgIpc) is 3.28. The SMILES string of the molecule is O=C1CC(c2ccc(F)cc2)C(C(=O)Nc2cc(-c3ccn[nH]3)ccc2C(F)(F)F)=CN1. The minimum atomic E-state index is -4.71. The smallest absolute Gasteiger partial charge is 0.332 e. The molecule has 2 amide bonds. The van der Waals surface area contributed by atoms with Gasteiger partial charge in [-0.1, -0.05) is 18.2 Å². The predicted octanol–water partition coefficient (Wildman–Crippen LogP) is 4.36. The Kier molecular flexibility index (Phi) is 5.52. The van der Waals surface area contributed by atoms with Gasteiger partial charge in [0.2, 0.25) is 5.91 Å². The van der Waals surface area contributed by atoms with Crippen molar-refractivity contribution in [2.75, 3.05) is 5.32 Å². The number of nitrogens with zero attached hydrogens (tertiary/aromatic N) is 1. The van der Waals surface area contributed by atoms with Gasteiger partial charge in [0.05, 0.1) is 16.9 Å². The van der Waals surface area contributed by atoms with Gasteiger partial charge in [0.1, 0.15) is 5.82 Å². The maximum atomic E-state index is 13.6. The van der Waals surface area contributed by atoms with Gasteiger partial charge in [0, 0.05) is 35.9 Å². The van der Waals surface area contributed by atoms with Gasteiger partial charge >= 0.3 is 6.18 Å². The van der Waals surface area contributed by atoms with Gasteiger partial charge in [-0.3, -0.25) is 14.7 Å². The zero-order valence-corrected chi connectivity index (χ0v) is 16.3. The maximum absolute atomic E-state index is 13.6. The molecule has 0 radical (unpaired) electrons. The molecule has 1 aliphatic heterocycles. The molecule has 1 aromatic heterocycles. The highest BCUT2D eigenvalue weighted by Crippen LogP contribution is 2.38. The Morgan fingerprint density at radius 2 is 1.84 bits per heavy atom. The lowest BCUT2D eigenvalue weighted by atomic mass is 9.86. The average molecular weight is 444 g/mol. The van der Waals surface area contributed by atoms with Crippen molar-refractivity contribution in [2.45, 2.75) is 18.5 Å². The summed E-state index contributed by atoms with van der Waals surface area (Å²) in [6.07, 6.45) is -2.19. The molecule has 1 unspecified atom stereocenters. The van der Waals surface area contributed by atoms with Gasteiger partial charge < -0.3 is 10.6 Å². The summed E-state index contributed by atoms with van der Waals surface area (Å²) in [7, 11) is 0. The predicted molar refractivity (Wildman–Crippen MR) is 108 cm³/mol. The second-order valence-electron chi connectivity index (χ2n) is 7.16. The molecule has 10 heteroatoms. The van der Waals surface area contributed by atoms with Gasteiger partial charge in [-0.2, -0.15) is 18.3 Å². The van der Waals surface area contributed by atoms with Gasteiger partial charge in [0.15, 0.2) is 0 Å². The number of alkyl halides is 3. The third-order valence-electron chi connectivity index (χ3n) is 5.07. The highest BCUT2D eigenvalue weighted by atomic mass is 19.4. The molecule has 0 spiro atoms. The van der Waals surface area contributed by atoms with E-state index >= 15 is 0 Å². The van der Waals surface area contributed by atoms with E-state index in [0.29, 0.717) is 16.8 Å². The van der Waals surface area contributed by atoms with E-state index in [1.807, 2.05) is 0 Å². The number of amides is 2. The minimum Gasteiger partial charge on any atom is -0.332 e. The second-order valence-corrected chi connectivity index (χ2v) is 7.16. The molecule has 32 heavy (non-hydrogen) atoms. The largest absolute Gasteiger partial charge is 0.418 e. The van der Waals surface area contributed by atoms with Crippen molar-refractivity contribution in [3.05, 3.63) is 83.4 Å². The summed E-state index contributed by atoms with van der Waals surface area (Å²) in [5.41, 5.74) is -0.0475. The van der Waals surface area contributed by atoms with Crippen molar-refractivity contribution in [1.29, 1.82) is 0 Å². The molecule has 164 valence electrons. The first-order chi connectivity index (χ1) is 15.2. The fourth-order valence-corrected chi connectivity index (χ4v) is 3.50. The van der Waals surface area contributed by atoms with Crippen LogP contribution in [0, 0.1) is 5.82 Å². The number of rotatable bonds is 4. The molecule has 0 bridgehead atoms. The third kappa shape index (κ3) is 4.39. The van der Waals surface area contributed by atoms with Gasteiger partial charge in [-0.25, -0.2) is 4.39 Å². The molecule has 2 aromatic carbocycles. The van der Waals surface area contributed by atoms with Crippen LogP contribution in [0.3, 0.4) is 0 Å². The summed E-state index contributed by atoms with van der Waals surface area (Å²) in [6, 6.07) is 10.2. The van der Waals surface area contributed by atoms with Crippen molar-refractivity contribution >= 4 is 17.5 Å². The molecule has 0 aliphatic carbocycles. The lowest BCUT2D eigenvalue weighted by molar-refractivity contribution is -0.137. The Morgan fingerprint density at radius 1 is 1.09 bits per heavy atom. The van der Waals surface area contributed by atoms with Crippen LogP contribution in [0.15, 0.2) is 66.5 Å². The topological polar surface area (TPSA) is 86.9 Å². The molecule has 1 aliphatic rings. The zero-order chi connectivity index (χ0) is 22.9. The molecule has 6 nitrogen and oxygen atoms in total. The summed E-state index contributed by atoms with van der Waals surface area (Å²) in [5, 5.41) is 11.2. The normalized spacial score (nSPS) is 16.3. The first kappa shape index (κ1) is 21.3. The lowest BCUT2D eigenvalue weighted by Crippen LogP contribution is -2.32. The number of hydrogen-bond acceptors (Lipinski definition) is 3. The Bertz CT molecular complexity index is 1190. The number of anilines is 1. The standard InChI is InChI=1S/C22H16F4N4O2/c23-14-4-1-12(2-5-14)15-10-20(31)27-11-16(15)21(32)29-19-9-13(18-7-8-28-30-18)3-6-17(19)22(24,25)26/h1-9,11,15H,10H2,(H,27,31)(H,28,30)(H,29,32). The summed E-state index contributed by atoms with van der Waals surface area (Å²) >= 11 is 0. The van der Waals surface area contributed by atoms with Crippen LogP contribution in [0.5, 0.6) is 0 Å². The van der Waals surface area contributed by atoms with Crippen LogP contribution in [0.4, 0.5) is 23.2 Å². The van der Waals surface area contributed by atoms with Gasteiger partial charge in [-0.15, -0.1) is 0 Å². The highest BCUT2D eigenvalue weighted by molar-refractivity contribution is 6.07. The number of carbonyl (C=O) groups excluding carboxylic acids is 2. The molecule has 3 N–H and O–H groups in total. The van der Waals surface area contributed by atoms with Crippen LogP contribution in [0.1, 0.15) is 23.5 Å². The first-order valence-corrected chi connectivity index (χ1v) is 9.49. The minimum absolute atomic E-state index is 0.0521. The summed E-state index contributed by atoms with van der Waals surface area (Å²) in [4.78, 5) is 24.9. The highest BCUT2D eigenvalue weighted by Gasteiger charge is 2.35. The number of nitrogens with one attached hydrogen (secondary N) is 3. The van der Waals surface area contributed by atoms with E-state index in [9.17, 15) is 27.2 Å². The molecule has 2 heterocycles. The van der Waals surface area contributed by atoms with Crippen LogP contribution in [0.2, 0.25) is 0 Å². The number of aromatic nitrogens is 2. The quantitative estimate of drug-likeness (QED) is 0.523. The lowest BCUT2D eigenvalue weighted by Gasteiger charge is -2.24. The second kappa shape index (κ2) is 8.29. The molecular formula is C22H16F4N4O2. The van der Waals surface area contributed by atoms with E-state index < -0.39 is 35.1 Å². The number of hydrogen-bond donors (Lipinski definition) is 3. The number of aromatic amines is 1. The van der Waals surface area contributed by atoms with Gasteiger partial charge in [0.25, 0.3) is 5.91 Å². The Balaban J connectivity index is 1.69. The van der Waals surface area contributed by atoms with Crippen molar-refractivity contribution in [1.82, 2.24) is 15.5 Å². The van der Waals surface area contributed by atoms with Crippen LogP contribution in [0.25, 0.3) is 11.3 Å². The van der Waals surface area contributed by atoms with E-state index in [2.05, 4.69) is 20.8 Å². The number of benzene rings is 2. The zero-order valence-electron chi connectivity index (χ0n) is 16.3. The van der Waals surface area contributed by atoms with Crippen LogP contribution >= 0.6 is 0 Å². The molecular weight excluding hydrogens is 428 g/mol.